The number of para-hydroxylation sites is 1. The first kappa shape index (κ1) is 15.2. The van der Waals surface area contributed by atoms with Crippen LogP contribution >= 0.6 is 11.6 Å². The van der Waals surface area contributed by atoms with Crippen molar-refractivity contribution in [3.05, 3.63) is 96.0 Å². The van der Waals surface area contributed by atoms with Gasteiger partial charge in [0.05, 0.1) is 5.02 Å². The Morgan fingerprint density at radius 1 is 0.538 bits per heavy atom. The zero-order valence-corrected chi connectivity index (χ0v) is 14.7. The van der Waals surface area contributed by atoms with E-state index in [9.17, 15) is 0 Å². The first-order valence-electron chi connectivity index (χ1n) is 8.56. The normalized spacial score (nSPS) is 11.3. The second kappa shape index (κ2) is 6.05. The van der Waals surface area contributed by atoms with Gasteiger partial charge in [-0.1, -0.05) is 84.4 Å². The monoisotopic (exact) mass is 354 g/mol. The summed E-state index contributed by atoms with van der Waals surface area (Å²) < 4.78 is 5.92. The molecule has 0 aliphatic rings. The zero-order chi connectivity index (χ0) is 17.5. The molecule has 0 spiro atoms. The number of rotatable bonds is 2. The number of benzene rings is 4. The number of halogens is 1. The highest BCUT2D eigenvalue weighted by Crippen LogP contribution is 2.35. The van der Waals surface area contributed by atoms with Crippen LogP contribution in [0.5, 0.6) is 0 Å². The van der Waals surface area contributed by atoms with Crippen molar-refractivity contribution in [1.29, 1.82) is 0 Å². The number of furan rings is 1. The van der Waals surface area contributed by atoms with Gasteiger partial charge in [-0.15, -0.1) is 0 Å². The molecule has 4 aromatic carbocycles. The third-order valence-corrected chi connectivity index (χ3v) is 5.07. The van der Waals surface area contributed by atoms with Gasteiger partial charge in [0.15, 0.2) is 5.58 Å². The van der Waals surface area contributed by atoms with Crippen molar-refractivity contribution in [3.63, 3.8) is 0 Å². The molecule has 0 saturated heterocycles. The van der Waals surface area contributed by atoms with Crippen LogP contribution in [0.25, 0.3) is 44.2 Å². The third-order valence-electron chi connectivity index (χ3n) is 4.77. The number of hydrogen-bond donors (Lipinski definition) is 0. The van der Waals surface area contributed by atoms with Gasteiger partial charge in [0.2, 0.25) is 0 Å². The molecule has 2 heteroatoms. The van der Waals surface area contributed by atoms with Crippen LogP contribution in [0.4, 0.5) is 0 Å². The maximum absolute atomic E-state index is 6.27. The third kappa shape index (κ3) is 2.49. The minimum Gasteiger partial charge on any atom is -0.454 e. The maximum Gasteiger partial charge on any atom is 0.153 e. The molecule has 1 nitrogen and oxygen atoms in total. The summed E-state index contributed by atoms with van der Waals surface area (Å²) in [5.74, 6) is 0. The van der Waals surface area contributed by atoms with Crippen LogP contribution in [0.3, 0.4) is 0 Å². The Balaban J connectivity index is 1.60. The molecule has 5 rings (SSSR count). The minimum atomic E-state index is 0.646. The second-order valence-corrected chi connectivity index (χ2v) is 6.78. The Morgan fingerprint density at radius 2 is 1.19 bits per heavy atom. The molecule has 5 aromatic rings. The molecule has 124 valence electrons. The summed E-state index contributed by atoms with van der Waals surface area (Å²) in [6.45, 7) is 0. The largest absolute Gasteiger partial charge is 0.454 e. The van der Waals surface area contributed by atoms with Gasteiger partial charge in [-0.3, -0.25) is 0 Å². The van der Waals surface area contributed by atoms with Crippen LogP contribution in [0.1, 0.15) is 0 Å². The van der Waals surface area contributed by atoms with Gasteiger partial charge in [0, 0.05) is 10.8 Å². The van der Waals surface area contributed by atoms with Crippen molar-refractivity contribution in [2.24, 2.45) is 0 Å². The van der Waals surface area contributed by atoms with Crippen LogP contribution in [0.15, 0.2) is 95.4 Å². The molecule has 0 unspecified atom stereocenters. The lowest BCUT2D eigenvalue weighted by atomic mass is 9.99. The van der Waals surface area contributed by atoms with Crippen LogP contribution in [-0.4, -0.2) is 0 Å². The van der Waals surface area contributed by atoms with E-state index in [1.165, 1.54) is 22.3 Å². The number of hydrogen-bond acceptors (Lipinski definition) is 1. The van der Waals surface area contributed by atoms with E-state index in [1.54, 1.807) is 0 Å². The van der Waals surface area contributed by atoms with E-state index in [1.807, 2.05) is 24.3 Å². The Labute approximate surface area is 156 Å². The van der Waals surface area contributed by atoms with Gasteiger partial charge in [-0.2, -0.15) is 0 Å². The summed E-state index contributed by atoms with van der Waals surface area (Å²) in [7, 11) is 0. The zero-order valence-electron chi connectivity index (χ0n) is 13.9. The van der Waals surface area contributed by atoms with Gasteiger partial charge in [-0.25, -0.2) is 0 Å². The molecule has 1 heterocycles. The average molecular weight is 355 g/mol. The fourth-order valence-corrected chi connectivity index (χ4v) is 3.64. The van der Waals surface area contributed by atoms with E-state index >= 15 is 0 Å². The van der Waals surface area contributed by atoms with Crippen molar-refractivity contribution in [2.45, 2.75) is 0 Å². The quantitative estimate of drug-likeness (QED) is 0.318. The summed E-state index contributed by atoms with van der Waals surface area (Å²) in [6, 6.07) is 31.2. The topological polar surface area (TPSA) is 13.1 Å². The summed E-state index contributed by atoms with van der Waals surface area (Å²) in [6.07, 6.45) is 0. The maximum atomic E-state index is 6.27. The Hall–Kier alpha value is -3.03. The fourth-order valence-electron chi connectivity index (χ4n) is 3.43. The van der Waals surface area contributed by atoms with Crippen LogP contribution < -0.4 is 0 Å². The van der Waals surface area contributed by atoms with E-state index in [4.69, 9.17) is 16.0 Å². The molecule has 0 amide bonds. The fraction of sp³-hybridized carbons (Fsp3) is 0. The van der Waals surface area contributed by atoms with Gasteiger partial charge in [0.1, 0.15) is 5.58 Å². The lowest BCUT2D eigenvalue weighted by molar-refractivity contribution is 0.669. The van der Waals surface area contributed by atoms with Crippen LogP contribution in [0, 0.1) is 0 Å². The van der Waals surface area contributed by atoms with Gasteiger partial charge >= 0.3 is 0 Å². The van der Waals surface area contributed by atoms with Crippen LogP contribution in [-0.2, 0) is 0 Å². The van der Waals surface area contributed by atoms with Crippen molar-refractivity contribution < 1.29 is 4.42 Å². The first-order chi connectivity index (χ1) is 12.8. The lowest BCUT2D eigenvalue weighted by Crippen LogP contribution is -1.80. The molecule has 0 aliphatic carbocycles. The molecule has 0 radical (unpaired) electrons. The summed E-state index contributed by atoms with van der Waals surface area (Å²) >= 11 is 6.27. The van der Waals surface area contributed by atoms with Crippen molar-refractivity contribution in [2.75, 3.05) is 0 Å². The predicted octanol–water partition coefficient (Wildman–Crippen LogP) is 7.57. The van der Waals surface area contributed by atoms with Crippen molar-refractivity contribution in [3.8, 4) is 22.3 Å². The van der Waals surface area contributed by atoms with E-state index in [0.29, 0.717) is 5.02 Å². The molecule has 0 N–H and O–H groups in total. The van der Waals surface area contributed by atoms with Gasteiger partial charge in [0.25, 0.3) is 0 Å². The highest BCUT2D eigenvalue weighted by atomic mass is 35.5. The van der Waals surface area contributed by atoms with E-state index < -0.39 is 0 Å². The van der Waals surface area contributed by atoms with Gasteiger partial charge in [-0.05, 0) is 40.5 Å². The van der Waals surface area contributed by atoms with E-state index in [0.717, 1.165) is 21.9 Å². The summed E-state index contributed by atoms with van der Waals surface area (Å²) in [5.41, 5.74) is 6.40. The highest BCUT2D eigenvalue weighted by molar-refractivity contribution is 6.35. The Kier molecular flexibility index (Phi) is 3.55. The number of fused-ring (bicyclic) bond motifs is 3. The van der Waals surface area contributed by atoms with Crippen molar-refractivity contribution in [1.82, 2.24) is 0 Å². The molecule has 26 heavy (non-hydrogen) atoms. The second-order valence-electron chi connectivity index (χ2n) is 6.37. The SMILES string of the molecule is Clc1cccc2c1oc1ccc(-c3ccc(-c4ccccc4)cc3)cc12. The minimum absolute atomic E-state index is 0.646. The molecule has 0 atom stereocenters. The first-order valence-corrected chi connectivity index (χ1v) is 8.94. The lowest BCUT2D eigenvalue weighted by Gasteiger charge is -2.05. The molecule has 1 aromatic heterocycles. The summed E-state index contributed by atoms with van der Waals surface area (Å²) in [5, 5.41) is 2.79. The predicted molar refractivity (Wildman–Crippen MR) is 110 cm³/mol. The molecule has 0 saturated carbocycles. The van der Waals surface area contributed by atoms with Crippen LogP contribution in [0.2, 0.25) is 5.02 Å². The standard InChI is InChI=1S/C24H15ClO/c25-22-8-4-7-20-21-15-19(13-14-23(21)26-24(20)22)18-11-9-17(10-12-18)16-5-2-1-3-6-16/h1-15H. The van der Waals surface area contributed by atoms with E-state index in [2.05, 4.69) is 66.7 Å². The highest BCUT2D eigenvalue weighted by Gasteiger charge is 2.10. The summed E-state index contributed by atoms with van der Waals surface area (Å²) in [4.78, 5) is 0. The molecular weight excluding hydrogens is 340 g/mol. The molecular formula is C24H15ClO. The molecule has 0 bridgehead atoms. The Bertz CT molecular complexity index is 1220. The van der Waals surface area contributed by atoms with E-state index in [-0.39, 0.29) is 0 Å². The van der Waals surface area contributed by atoms with Crippen molar-refractivity contribution >= 4 is 33.5 Å². The molecule has 0 aliphatic heterocycles. The Morgan fingerprint density at radius 3 is 1.96 bits per heavy atom. The van der Waals surface area contributed by atoms with Gasteiger partial charge < -0.3 is 4.42 Å². The smallest absolute Gasteiger partial charge is 0.153 e. The average Bonchev–Trinajstić information content (AvgIpc) is 3.08. The molecule has 0 fully saturated rings.